The predicted molar refractivity (Wildman–Crippen MR) is 97.1 cm³/mol. The van der Waals surface area contributed by atoms with Gasteiger partial charge in [-0.1, -0.05) is 23.5 Å². The Labute approximate surface area is 160 Å². The van der Waals surface area contributed by atoms with Gasteiger partial charge < -0.3 is 9.80 Å². The van der Waals surface area contributed by atoms with E-state index in [2.05, 4.69) is 10.2 Å². The molecule has 1 unspecified atom stereocenters. The van der Waals surface area contributed by atoms with Gasteiger partial charge in [-0.25, -0.2) is 4.39 Å². The molecule has 3 atom stereocenters. The number of piperazine rings is 1. The van der Waals surface area contributed by atoms with Gasteiger partial charge in [0.2, 0.25) is 0 Å². The van der Waals surface area contributed by atoms with Crippen LogP contribution in [0.2, 0.25) is 0 Å². The van der Waals surface area contributed by atoms with Gasteiger partial charge in [-0.05, 0) is 43.2 Å². The first-order chi connectivity index (χ1) is 13.1. The third-order valence-electron chi connectivity index (χ3n) is 5.90. The summed E-state index contributed by atoms with van der Waals surface area (Å²) in [6, 6.07) is 6.64. The number of rotatable bonds is 4. The van der Waals surface area contributed by atoms with Crippen molar-refractivity contribution in [1.82, 2.24) is 20.0 Å². The Kier molecular flexibility index (Phi) is 3.96. The van der Waals surface area contributed by atoms with Crippen LogP contribution >= 0.6 is 11.3 Å². The van der Waals surface area contributed by atoms with Crippen LogP contribution in [0, 0.1) is 17.7 Å². The summed E-state index contributed by atoms with van der Waals surface area (Å²) in [5.41, 5.74) is 0.397. The van der Waals surface area contributed by atoms with Crippen molar-refractivity contribution in [1.29, 1.82) is 0 Å². The molecule has 8 heteroatoms. The molecule has 6 nitrogen and oxygen atoms in total. The first-order valence-corrected chi connectivity index (χ1v) is 10.1. The van der Waals surface area contributed by atoms with E-state index in [1.807, 2.05) is 0 Å². The predicted octanol–water partition coefficient (Wildman–Crippen LogP) is 2.31. The maximum atomic E-state index is 13.9. The van der Waals surface area contributed by atoms with Crippen LogP contribution in [0.3, 0.4) is 0 Å². The fraction of sp³-hybridized carbons (Fsp3) is 0.474. The molecule has 2 aromatic rings. The lowest BCUT2D eigenvalue weighted by molar-refractivity contribution is -0.158. The van der Waals surface area contributed by atoms with Crippen LogP contribution in [0.5, 0.6) is 0 Å². The second-order valence-electron chi connectivity index (χ2n) is 7.59. The van der Waals surface area contributed by atoms with E-state index in [1.165, 1.54) is 28.7 Å². The number of hydrogen-bond donors (Lipinski definition) is 0. The van der Waals surface area contributed by atoms with Gasteiger partial charge in [0.05, 0.1) is 6.54 Å². The number of halogens is 1. The number of aromatic nitrogens is 2. The summed E-state index contributed by atoms with van der Waals surface area (Å²) in [5, 5.41) is 9.21. The molecule has 27 heavy (non-hydrogen) atoms. The molecular weight excluding hydrogens is 367 g/mol. The number of benzene rings is 1. The van der Waals surface area contributed by atoms with E-state index in [4.69, 9.17) is 0 Å². The molecule has 0 N–H and O–H groups in total. The Bertz CT molecular complexity index is 907. The fourth-order valence-corrected chi connectivity index (χ4v) is 5.23. The number of nitrogens with zero attached hydrogens (tertiary/aromatic N) is 4. The molecule has 1 aromatic carbocycles. The van der Waals surface area contributed by atoms with Crippen LogP contribution in [-0.2, 0) is 16.1 Å². The standard InChI is InChI=1S/C19H19FN4O2S/c20-15-4-2-1-3-14(15)17-22-21-16(27-17)10-23-5-6-24(19(26)18(23)25)13-8-11-7-12(11)9-13/h1-4,11-13H,5-10H2/t11-,12+,13?. The quantitative estimate of drug-likeness (QED) is 0.757. The topological polar surface area (TPSA) is 66.4 Å². The zero-order valence-corrected chi connectivity index (χ0v) is 15.5. The molecular formula is C19H19FN4O2S. The molecule has 1 saturated heterocycles. The third-order valence-corrected chi connectivity index (χ3v) is 6.84. The van der Waals surface area contributed by atoms with Crippen molar-refractivity contribution < 1.29 is 14.0 Å². The number of carbonyl (C=O) groups excluding carboxylic acids is 2. The van der Waals surface area contributed by atoms with Crippen molar-refractivity contribution in [3.63, 3.8) is 0 Å². The molecule has 140 valence electrons. The Morgan fingerprint density at radius 2 is 1.81 bits per heavy atom. The lowest BCUT2D eigenvalue weighted by atomic mass is 10.1. The maximum absolute atomic E-state index is 13.9. The van der Waals surface area contributed by atoms with Gasteiger partial charge in [-0.15, -0.1) is 10.2 Å². The highest BCUT2D eigenvalue weighted by Gasteiger charge is 2.50. The zero-order valence-electron chi connectivity index (χ0n) is 14.7. The molecule has 2 saturated carbocycles. The van der Waals surface area contributed by atoms with Crippen molar-refractivity contribution >= 4 is 23.2 Å². The fourth-order valence-electron chi connectivity index (χ4n) is 4.35. The molecule has 0 spiro atoms. The van der Waals surface area contributed by atoms with Gasteiger partial charge in [0, 0.05) is 24.7 Å². The average molecular weight is 386 g/mol. The van der Waals surface area contributed by atoms with Crippen LogP contribution in [0.15, 0.2) is 24.3 Å². The van der Waals surface area contributed by atoms with Crippen molar-refractivity contribution in [2.45, 2.75) is 31.8 Å². The van der Waals surface area contributed by atoms with E-state index >= 15 is 0 Å². The first kappa shape index (κ1) is 16.8. The summed E-state index contributed by atoms with van der Waals surface area (Å²) in [7, 11) is 0. The largest absolute Gasteiger partial charge is 0.330 e. The van der Waals surface area contributed by atoms with Crippen molar-refractivity contribution in [2.75, 3.05) is 13.1 Å². The van der Waals surface area contributed by atoms with Gasteiger partial charge in [0.25, 0.3) is 0 Å². The van der Waals surface area contributed by atoms with Gasteiger partial charge >= 0.3 is 11.8 Å². The normalized spacial score (nSPS) is 27.2. The Morgan fingerprint density at radius 3 is 2.59 bits per heavy atom. The highest BCUT2D eigenvalue weighted by molar-refractivity contribution is 7.14. The average Bonchev–Trinajstić information content (AvgIpc) is 3.05. The number of carbonyl (C=O) groups is 2. The van der Waals surface area contributed by atoms with Crippen LogP contribution in [0.1, 0.15) is 24.3 Å². The third kappa shape index (κ3) is 3.01. The van der Waals surface area contributed by atoms with Crippen LogP contribution in [-0.4, -0.2) is 50.9 Å². The Hall–Kier alpha value is -2.35. The summed E-state index contributed by atoms with van der Waals surface area (Å²) in [4.78, 5) is 28.4. The number of hydrogen-bond acceptors (Lipinski definition) is 5. The van der Waals surface area contributed by atoms with E-state index in [0.29, 0.717) is 28.7 Å². The summed E-state index contributed by atoms with van der Waals surface area (Å²) in [5.74, 6) is 0.328. The molecule has 2 amide bonds. The van der Waals surface area contributed by atoms with Gasteiger partial charge in [-0.3, -0.25) is 9.59 Å². The molecule has 3 fully saturated rings. The molecule has 2 aliphatic carbocycles. The maximum Gasteiger partial charge on any atom is 0.312 e. The lowest BCUT2D eigenvalue weighted by Gasteiger charge is -2.37. The molecule has 3 aliphatic rings. The molecule has 0 radical (unpaired) electrons. The van der Waals surface area contributed by atoms with Gasteiger partial charge in [0.15, 0.2) is 5.01 Å². The minimum absolute atomic E-state index is 0.237. The van der Waals surface area contributed by atoms with E-state index in [1.54, 1.807) is 23.1 Å². The van der Waals surface area contributed by atoms with E-state index in [-0.39, 0.29) is 18.4 Å². The van der Waals surface area contributed by atoms with Crippen LogP contribution < -0.4 is 0 Å². The van der Waals surface area contributed by atoms with Crippen LogP contribution in [0.4, 0.5) is 4.39 Å². The summed E-state index contributed by atoms with van der Waals surface area (Å²) in [6.45, 7) is 1.32. The smallest absolute Gasteiger partial charge is 0.312 e. The van der Waals surface area contributed by atoms with Gasteiger partial charge in [0.1, 0.15) is 10.8 Å². The Balaban J connectivity index is 1.26. The Morgan fingerprint density at radius 1 is 1.04 bits per heavy atom. The summed E-state index contributed by atoms with van der Waals surface area (Å²) >= 11 is 1.25. The van der Waals surface area contributed by atoms with Crippen LogP contribution in [0.25, 0.3) is 10.6 Å². The lowest BCUT2D eigenvalue weighted by Crippen LogP contribution is -2.56. The minimum atomic E-state index is -0.468. The summed E-state index contributed by atoms with van der Waals surface area (Å²) < 4.78 is 13.9. The van der Waals surface area contributed by atoms with Crippen molar-refractivity contribution in [2.24, 2.45) is 11.8 Å². The molecule has 1 aromatic heterocycles. The molecule has 2 heterocycles. The van der Waals surface area contributed by atoms with E-state index < -0.39 is 11.8 Å². The monoisotopic (exact) mass is 386 g/mol. The molecule has 0 bridgehead atoms. The van der Waals surface area contributed by atoms with E-state index in [0.717, 1.165) is 24.7 Å². The zero-order chi connectivity index (χ0) is 18.5. The SMILES string of the molecule is O=C1C(=O)N(C2C[C@@H]3C[C@@H]3C2)CCN1Cc1nnc(-c2ccccc2F)s1. The molecule has 1 aliphatic heterocycles. The number of fused-ring (bicyclic) bond motifs is 1. The minimum Gasteiger partial charge on any atom is -0.330 e. The number of amides is 2. The van der Waals surface area contributed by atoms with Crippen molar-refractivity contribution in [3.05, 3.63) is 35.1 Å². The van der Waals surface area contributed by atoms with E-state index in [9.17, 15) is 14.0 Å². The van der Waals surface area contributed by atoms with Crippen molar-refractivity contribution in [3.8, 4) is 10.6 Å². The first-order valence-electron chi connectivity index (χ1n) is 9.27. The second kappa shape index (κ2) is 6.37. The van der Waals surface area contributed by atoms with Gasteiger partial charge in [-0.2, -0.15) is 0 Å². The highest BCUT2D eigenvalue weighted by atomic mass is 32.1. The second-order valence-corrected chi connectivity index (χ2v) is 8.65. The highest BCUT2D eigenvalue weighted by Crippen LogP contribution is 2.53. The summed E-state index contributed by atoms with van der Waals surface area (Å²) in [6.07, 6.45) is 3.39. The molecule has 5 rings (SSSR count).